The van der Waals surface area contributed by atoms with Crippen LogP contribution in [0.5, 0.6) is 11.5 Å². The molecule has 0 spiro atoms. The van der Waals surface area contributed by atoms with Gasteiger partial charge in [0.05, 0.1) is 11.1 Å². The van der Waals surface area contributed by atoms with Crippen molar-refractivity contribution in [3.8, 4) is 11.5 Å². The summed E-state index contributed by atoms with van der Waals surface area (Å²) in [5, 5.41) is 11.7. The van der Waals surface area contributed by atoms with Crippen LogP contribution in [0.1, 0.15) is 39.5 Å². The molecule has 0 aromatic heterocycles. The van der Waals surface area contributed by atoms with Crippen molar-refractivity contribution in [2.24, 2.45) is 0 Å². The molecule has 49 heavy (non-hydrogen) atoms. The van der Waals surface area contributed by atoms with Gasteiger partial charge in [-0.1, -0.05) is 36.4 Å². The van der Waals surface area contributed by atoms with Crippen LogP contribution in [0.4, 0.5) is 43.9 Å². The van der Waals surface area contributed by atoms with E-state index in [-0.39, 0.29) is 17.2 Å². The minimum Gasteiger partial charge on any atom is -0.479 e. The fraction of sp³-hybridized carbons (Fsp3) is 0.212. The lowest BCUT2D eigenvalue weighted by Crippen LogP contribution is -2.49. The Morgan fingerprint density at radius 2 is 1.47 bits per heavy atom. The first kappa shape index (κ1) is 36.6. The highest BCUT2D eigenvalue weighted by molar-refractivity contribution is 5.95. The van der Waals surface area contributed by atoms with Crippen LogP contribution in [-0.2, 0) is 22.9 Å². The normalized spacial score (nSPS) is 13.8. The van der Waals surface area contributed by atoms with E-state index in [1.165, 1.54) is 24.3 Å². The van der Waals surface area contributed by atoms with Gasteiger partial charge in [0.25, 0.3) is 5.91 Å². The van der Waals surface area contributed by atoms with Gasteiger partial charge in [-0.25, -0.2) is 18.0 Å². The smallest absolute Gasteiger partial charge is 0.461 e. The number of carboxylic acid groups (broad SMARTS) is 1. The van der Waals surface area contributed by atoms with Gasteiger partial charge in [-0.15, -0.1) is 0 Å². The number of alkyl halides is 7. The number of hydrogen-bond donors (Lipinski definition) is 2. The number of carbonyl (C=O) groups excluding carboxylic acids is 1. The summed E-state index contributed by atoms with van der Waals surface area (Å²) in [7, 11) is 0. The van der Waals surface area contributed by atoms with Gasteiger partial charge in [-0.2, -0.15) is 30.7 Å². The van der Waals surface area contributed by atoms with Crippen molar-refractivity contribution < 1.29 is 68.1 Å². The predicted molar refractivity (Wildman–Crippen MR) is 152 cm³/mol. The molecule has 0 heterocycles. The van der Waals surface area contributed by atoms with Crippen LogP contribution in [0, 0.1) is 17.5 Å². The van der Waals surface area contributed by atoms with Gasteiger partial charge in [0.1, 0.15) is 17.4 Å². The first-order valence-corrected chi connectivity index (χ1v) is 13.9. The molecule has 16 heteroatoms. The number of nitrogens with one attached hydrogen (secondary N) is 1. The molecule has 260 valence electrons. The number of ether oxygens (including phenoxy) is 2. The van der Waals surface area contributed by atoms with Crippen LogP contribution >= 0.6 is 0 Å². The first-order valence-electron chi connectivity index (χ1n) is 13.9. The lowest BCUT2D eigenvalue weighted by molar-refractivity contribution is -0.253. The van der Waals surface area contributed by atoms with E-state index in [0.29, 0.717) is 30.3 Å². The number of carbonyl (C=O) groups is 2. The van der Waals surface area contributed by atoms with Crippen LogP contribution in [0.2, 0.25) is 0 Å². The Morgan fingerprint density at radius 3 is 2.08 bits per heavy atom. The molecule has 0 fully saturated rings. The van der Waals surface area contributed by atoms with Gasteiger partial charge in [0.2, 0.25) is 0 Å². The summed E-state index contributed by atoms with van der Waals surface area (Å²) in [4.78, 5) is 25.2. The first-order chi connectivity index (χ1) is 22.8. The summed E-state index contributed by atoms with van der Waals surface area (Å²) in [5.74, 6) is -9.05. The van der Waals surface area contributed by atoms with E-state index in [1.54, 1.807) is 6.07 Å². The van der Waals surface area contributed by atoms with E-state index >= 15 is 4.39 Å². The highest BCUT2D eigenvalue weighted by atomic mass is 19.4. The second-order valence-corrected chi connectivity index (χ2v) is 10.6. The zero-order chi connectivity index (χ0) is 36.3. The Balaban J connectivity index is 2.03. The summed E-state index contributed by atoms with van der Waals surface area (Å²) < 4.78 is 148. The summed E-state index contributed by atoms with van der Waals surface area (Å²) in [5.41, 5.74) is -5.48. The van der Waals surface area contributed by atoms with Gasteiger partial charge < -0.3 is 19.9 Å². The van der Waals surface area contributed by atoms with Crippen molar-refractivity contribution >= 4 is 11.9 Å². The molecule has 0 aliphatic rings. The van der Waals surface area contributed by atoms with Gasteiger partial charge >= 0.3 is 24.7 Å². The van der Waals surface area contributed by atoms with Crippen LogP contribution in [0.15, 0.2) is 84.9 Å². The van der Waals surface area contributed by atoms with Gasteiger partial charge in [-0.05, 0) is 66.1 Å². The lowest BCUT2D eigenvalue weighted by atomic mass is 9.77. The monoisotopic (exact) mass is 703 g/mol. The second-order valence-electron chi connectivity index (χ2n) is 10.6. The Kier molecular flexibility index (Phi) is 10.5. The lowest BCUT2D eigenvalue weighted by Gasteiger charge is -2.37. The zero-order valence-electron chi connectivity index (χ0n) is 24.8. The molecule has 0 saturated carbocycles. The Morgan fingerprint density at radius 1 is 0.816 bits per heavy atom. The Hall–Kier alpha value is -5.28. The van der Waals surface area contributed by atoms with Crippen molar-refractivity contribution in [1.82, 2.24) is 5.32 Å². The Labute approximate surface area is 270 Å². The highest BCUT2D eigenvalue weighted by Gasteiger charge is 2.45. The molecule has 4 aromatic carbocycles. The molecule has 6 nitrogen and oxygen atoms in total. The van der Waals surface area contributed by atoms with Crippen LogP contribution in [0.25, 0.3) is 0 Å². The molecule has 0 aliphatic carbocycles. The largest absolute Gasteiger partial charge is 0.479 e. The molecule has 0 bridgehead atoms. The van der Waals surface area contributed by atoms with Crippen LogP contribution in [-0.4, -0.2) is 35.6 Å². The fourth-order valence-corrected chi connectivity index (χ4v) is 4.78. The molecule has 0 radical (unpaired) electrons. The predicted octanol–water partition coefficient (Wildman–Crippen LogP) is 8.13. The molecule has 1 amide bonds. The molecular weight excluding hydrogens is 680 g/mol. The molecule has 2 atom stereocenters. The molecule has 0 aliphatic heterocycles. The molecule has 4 rings (SSSR count). The third-order valence-electron chi connectivity index (χ3n) is 7.12. The van der Waals surface area contributed by atoms with Gasteiger partial charge in [0.15, 0.2) is 17.7 Å². The number of halogens is 10. The maximum atomic E-state index is 15.1. The van der Waals surface area contributed by atoms with Crippen molar-refractivity contribution in [2.75, 3.05) is 0 Å². The maximum Gasteiger partial charge on any atom is 0.461 e. The fourth-order valence-electron chi connectivity index (χ4n) is 4.78. The summed E-state index contributed by atoms with van der Waals surface area (Å²) in [6, 6.07) is 12.9. The average molecular weight is 704 g/mol. The molecule has 2 N–H and O–H groups in total. The van der Waals surface area contributed by atoms with Gasteiger partial charge in [0, 0.05) is 18.1 Å². The van der Waals surface area contributed by atoms with Crippen LogP contribution in [0.3, 0.4) is 0 Å². The quantitative estimate of drug-likeness (QED) is 0.146. The number of benzene rings is 4. The SMILES string of the molecule is CC(Oc1cc([C@@](Cc2ccccc2)(NC(=O)c2ccc(F)c(C(F)(F)F)c2)c2cc(F)cc(OC(F)(F)C(F)F)c2)ccc1F)C(=O)O. The maximum absolute atomic E-state index is 15.1. The number of hydrogen-bond acceptors (Lipinski definition) is 4. The van der Waals surface area contributed by atoms with E-state index in [4.69, 9.17) is 4.74 Å². The van der Waals surface area contributed by atoms with E-state index in [9.17, 15) is 54.2 Å². The third kappa shape index (κ3) is 8.42. The van der Waals surface area contributed by atoms with Crippen molar-refractivity contribution in [3.05, 3.63) is 130 Å². The van der Waals surface area contributed by atoms with Crippen molar-refractivity contribution in [1.29, 1.82) is 0 Å². The average Bonchev–Trinajstić information content (AvgIpc) is 3.01. The molecule has 1 unspecified atom stereocenters. The zero-order valence-corrected chi connectivity index (χ0v) is 24.8. The van der Waals surface area contributed by atoms with Crippen LogP contribution < -0.4 is 14.8 Å². The third-order valence-corrected chi connectivity index (χ3v) is 7.12. The van der Waals surface area contributed by atoms with Crippen molar-refractivity contribution in [3.63, 3.8) is 0 Å². The van der Waals surface area contributed by atoms with Gasteiger partial charge in [-0.3, -0.25) is 4.79 Å². The molecule has 0 saturated heterocycles. The summed E-state index contributed by atoms with van der Waals surface area (Å²) in [6.07, 6.45) is -16.9. The summed E-state index contributed by atoms with van der Waals surface area (Å²) in [6.45, 7) is 1.04. The van der Waals surface area contributed by atoms with E-state index in [2.05, 4.69) is 10.1 Å². The standard InChI is InChI=1S/C33H23F10NO5/c1-17(29(46)47)48-27-14-20(8-10-26(27)36)31(16-18-5-3-2-4-6-18,21-12-22(34)15-23(13-21)49-33(42,43)30(37)38)44-28(45)19-7-9-25(35)24(11-19)32(39,40)41/h2-15,17,30H,16H2,1H3,(H,44,45)(H,46,47)/t17?,31-/m1/s1. The number of amides is 1. The number of aliphatic carboxylic acids is 1. The molecule has 4 aromatic rings. The minimum atomic E-state index is -5.25. The van der Waals surface area contributed by atoms with E-state index in [0.717, 1.165) is 25.1 Å². The summed E-state index contributed by atoms with van der Waals surface area (Å²) >= 11 is 0. The molecular formula is C33H23F10NO5. The second kappa shape index (κ2) is 14.1. The highest BCUT2D eigenvalue weighted by Crippen LogP contribution is 2.40. The topological polar surface area (TPSA) is 84.9 Å². The number of carboxylic acids is 1. The minimum absolute atomic E-state index is 0.176. The number of rotatable bonds is 12. The van der Waals surface area contributed by atoms with Crippen molar-refractivity contribution in [2.45, 2.75) is 43.7 Å². The van der Waals surface area contributed by atoms with E-state index < -0.39 is 94.3 Å². The Bertz CT molecular complexity index is 1830. The van der Waals surface area contributed by atoms with E-state index in [1.807, 2.05) is 0 Å².